The first-order valence-electron chi connectivity index (χ1n) is 10.8. The second kappa shape index (κ2) is 10.7. The molecule has 0 spiro atoms. The van der Waals surface area contributed by atoms with Crippen LogP contribution in [0.15, 0.2) is 72.9 Å². The van der Waals surface area contributed by atoms with E-state index in [0.717, 1.165) is 27.3 Å². The van der Waals surface area contributed by atoms with Crippen molar-refractivity contribution >= 4 is 34.8 Å². The minimum Gasteiger partial charge on any atom is -0.342 e. The van der Waals surface area contributed by atoms with Gasteiger partial charge in [0.25, 0.3) is 5.91 Å². The van der Waals surface area contributed by atoms with Gasteiger partial charge in [-0.15, -0.1) is 11.3 Å². The number of aryl methyl sites for hydroxylation is 1. The van der Waals surface area contributed by atoms with Crippen molar-refractivity contribution in [1.82, 2.24) is 20.0 Å². The summed E-state index contributed by atoms with van der Waals surface area (Å²) in [7, 11) is 1.73. The molecule has 0 bridgehead atoms. The Kier molecular flexibility index (Phi) is 7.45. The van der Waals surface area contributed by atoms with Crippen LogP contribution in [0.2, 0.25) is 5.02 Å². The summed E-state index contributed by atoms with van der Waals surface area (Å²) in [5.41, 5.74) is 3.66. The van der Waals surface area contributed by atoms with E-state index in [-0.39, 0.29) is 18.4 Å². The van der Waals surface area contributed by atoms with Gasteiger partial charge < -0.3 is 10.2 Å². The zero-order valence-electron chi connectivity index (χ0n) is 19.0. The van der Waals surface area contributed by atoms with Gasteiger partial charge in [0.1, 0.15) is 0 Å². The van der Waals surface area contributed by atoms with Gasteiger partial charge in [0.15, 0.2) is 0 Å². The van der Waals surface area contributed by atoms with E-state index in [1.807, 2.05) is 78.5 Å². The van der Waals surface area contributed by atoms with Crippen LogP contribution in [0.4, 0.5) is 0 Å². The number of nitrogens with one attached hydrogen (secondary N) is 1. The third kappa shape index (κ3) is 5.73. The zero-order chi connectivity index (χ0) is 24.1. The van der Waals surface area contributed by atoms with E-state index in [1.165, 1.54) is 11.3 Å². The molecule has 2 aromatic heterocycles. The summed E-state index contributed by atoms with van der Waals surface area (Å²) in [6.45, 7) is 2.75. The maximum absolute atomic E-state index is 12.7. The standard InChI is InChI=1S/C26H25ClN4O2S/c1-18-12-13-23(34-18)26(33)28-14-24(32)30(2)15-21-17-31(16-20-10-6-7-11-22(20)27)29-25(21)19-8-4-3-5-9-19/h3-13,17H,14-16H2,1-2H3,(H,28,33). The van der Waals surface area contributed by atoms with Crippen molar-refractivity contribution in [3.8, 4) is 11.3 Å². The van der Waals surface area contributed by atoms with Gasteiger partial charge in [-0.25, -0.2) is 0 Å². The summed E-state index contributed by atoms with van der Waals surface area (Å²) in [6, 6.07) is 21.2. The first-order valence-corrected chi connectivity index (χ1v) is 12.0. The number of thiophene rings is 1. The predicted octanol–water partition coefficient (Wildman–Crippen LogP) is 5.01. The van der Waals surface area contributed by atoms with Crippen molar-refractivity contribution < 1.29 is 9.59 Å². The fourth-order valence-electron chi connectivity index (χ4n) is 3.58. The van der Waals surface area contributed by atoms with Crippen LogP contribution < -0.4 is 5.32 Å². The van der Waals surface area contributed by atoms with E-state index < -0.39 is 0 Å². The Morgan fingerprint density at radius 3 is 2.47 bits per heavy atom. The van der Waals surface area contributed by atoms with Crippen LogP contribution >= 0.6 is 22.9 Å². The molecule has 0 aliphatic rings. The van der Waals surface area contributed by atoms with Gasteiger partial charge >= 0.3 is 0 Å². The van der Waals surface area contributed by atoms with E-state index in [0.29, 0.717) is 23.0 Å². The first kappa shape index (κ1) is 23.7. The van der Waals surface area contributed by atoms with E-state index in [2.05, 4.69) is 5.32 Å². The summed E-state index contributed by atoms with van der Waals surface area (Å²) in [5, 5.41) is 8.20. The van der Waals surface area contributed by atoms with Crippen LogP contribution in [0, 0.1) is 6.92 Å². The number of likely N-dealkylation sites (N-methyl/N-ethyl adjacent to an activating group) is 1. The lowest BCUT2D eigenvalue weighted by atomic mass is 10.1. The Labute approximate surface area is 207 Å². The van der Waals surface area contributed by atoms with Gasteiger partial charge in [0.05, 0.1) is 23.7 Å². The smallest absolute Gasteiger partial charge is 0.261 e. The SMILES string of the molecule is Cc1ccc(C(=O)NCC(=O)N(C)Cc2cn(Cc3ccccc3Cl)nc2-c2ccccc2)s1. The quantitative estimate of drug-likeness (QED) is 0.376. The minimum absolute atomic E-state index is 0.0687. The maximum Gasteiger partial charge on any atom is 0.261 e. The molecule has 1 N–H and O–H groups in total. The summed E-state index contributed by atoms with van der Waals surface area (Å²) < 4.78 is 1.85. The van der Waals surface area contributed by atoms with Crippen LogP contribution in [0.1, 0.15) is 25.7 Å². The summed E-state index contributed by atoms with van der Waals surface area (Å²) in [5.74, 6) is -0.420. The van der Waals surface area contributed by atoms with Crippen molar-refractivity contribution in [2.75, 3.05) is 13.6 Å². The van der Waals surface area contributed by atoms with Crippen molar-refractivity contribution in [3.05, 3.63) is 98.8 Å². The maximum atomic E-state index is 12.7. The molecule has 8 heteroatoms. The Balaban J connectivity index is 1.49. The Morgan fingerprint density at radius 2 is 1.76 bits per heavy atom. The van der Waals surface area contributed by atoms with Gasteiger partial charge in [-0.1, -0.05) is 60.1 Å². The molecule has 0 fully saturated rings. The highest BCUT2D eigenvalue weighted by Gasteiger charge is 2.18. The van der Waals surface area contributed by atoms with Gasteiger partial charge in [0.2, 0.25) is 5.91 Å². The molecule has 174 valence electrons. The molecular weight excluding hydrogens is 468 g/mol. The summed E-state index contributed by atoms with van der Waals surface area (Å²) in [4.78, 5) is 28.3. The highest BCUT2D eigenvalue weighted by Crippen LogP contribution is 2.24. The number of benzene rings is 2. The number of aromatic nitrogens is 2. The van der Waals surface area contributed by atoms with E-state index >= 15 is 0 Å². The lowest BCUT2D eigenvalue weighted by Crippen LogP contribution is -2.37. The molecule has 0 saturated carbocycles. The Morgan fingerprint density at radius 1 is 1.03 bits per heavy atom. The number of carbonyl (C=O) groups is 2. The largest absolute Gasteiger partial charge is 0.342 e. The van der Waals surface area contributed by atoms with Crippen LogP contribution in [-0.2, 0) is 17.9 Å². The third-order valence-electron chi connectivity index (χ3n) is 5.37. The average molecular weight is 493 g/mol. The van der Waals surface area contributed by atoms with Gasteiger partial charge in [0, 0.05) is 40.8 Å². The number of nitrogens with zero attached hydrogens (tertiary/aromatic N) is 3. The van der Waals surface area contributed by atoms with Crippen LogP contribution in [-0.4, -0.2) is 40.1 Å². The Bertz CT molecular complexity index is 1300. The second-order valence-electron chi connectivity index (χ2n) is 8.00. The summed E-state index contributed by atoms with van der Waals surface area (Å²) in [6.07, 6.45) is 1.95. The van der Waals surface area contributed by atoms with E-state index in [4.69, 9.17) is 16.7 Å². The molecule has 6 nitrogen and oxygen atoms in total. The van der Waals surface area contributed by atoms with Gasteiger partial charge in [-0.05, 0) is 30.7 Å². The number of amides is 2. The van der Waals surface area contributed by atoms with E-state index in [1.54, 1.807) is 18.0 Å². The molecule has 2 amide bonds. The average Bonchev–Trinajstić information content (AvgIpc) is 3.45. The summed E-state index contributed by atoms with van der Waals surface area (Å²) >= 11 is 7.75. The first-order chi connectivity index (χ1) is 16.4. The van der Waals surface area contributed by atoms with Crippen LogP contribution in [0.5, 0.6) is 0 Å². The molecule has 0 aliphatic heterocycles. The minimum atomic E-state index is -0.239. The van der Waals surface area contributed by atoms with Crippen molar-refractivity contribution in [2.45, 2.75) is 20.0 Å². The monoisotopic (exact) mass is 492 g/mol. The van der Waals surface area contributed by atoms with Crippen molar-refractivity contribution in [2.24, 2.45) is 0 Å². The van der Waals surface area contributed by atoms with E-state index in [9.17, 15) is 9.59 Å². The molecule has 0 atom stereocenters. The predicted molar refractivity (Wildman–Crippen MR) is 136 cm³/mol. The fourth-order valence-corrected chi connectivity index (χ4v) is 4.56. The molecule has 4 aromatic rings. The molecular formula is C26H25ClN4O2S. The number of hydrogen-bond donors (Lipinski definition) is 1. The molecule has 0 aliphatic carbocycles. The fraction of sp³-hybridized carbons (Fsp3) is 0.192. The number of carbonyl (C=O) groups excluding carboxylic acids is 2. The van der Waals surface area contributed by atoms with Crippen molar-refractivity contribution in [1.29, 1.82) is 0 Å². The second-order valence-corrected chi connectivity index (χ2v) is 9.70. The Hall–Kier alpha value is -3.42. The lowest BCUT2D eigenvalue weighted by Gasteiger charge is -2.17. The molecule has 0 radical (unpaired) electrons. The zero-order valence-corrected chi connectivity index (χ0v) is 20.6. The van der Waals surface area contributed by atoms with Gasteiger partial charge in [-0.3, -0.25) is 14.3 Å². The topological polar surface area (TPSA) is 67.2 Å². The molecule has 2 aromatic carbocycles. The lowest BCUT2D eigenvalue weighted by molar-refractivity contribution is -0.129. The molecule has 34 heavy (non-hydrogen) atoms. The highest BCUT2D eigenvalue weighted by atomic mass is 35.5. The number of rotatable bonds is 8. The third-order valence-corrected chi connectivity index (χ3v) is 6.74. The van der Waals surface area contributed by atoms with Crippen LogP contribution in [0.25, 0.3) is 11.3 Å². The van der Waals surface area contributed by atoms with Crippen molar-refractivity contribution in [3.63, 3.8) is 0 Å². The van der Waals surface area contributed by atoms with Crippen LogP contribution in [0.3, 0.4) is 0 Å². The molecule has 0 saturated heterocycles. The number of hydrogen-bond acceptors (Lipinski definition) is 4. The highest BCUT2D eigenvalue weighted by molar-refractivity contribution is 7.13. The molecule has 2 heterocycles. The normalized spacial score (nSPS) is 10.8. The molecule has 4 rings (SSSR count). The van der Waals surface area contributed by atoms with Gasteiger partial charge in [-0.2, -0.15) is 5.10 Å². The molecule has 0 unspecified atom stereocenters. The number of halogens is 1.